The van der Waals surface area contributed by atoms with E-state index in [1.807, 2.05) is 24.3 Å². The number of ether oxygens (including phenoxy) is 2. The highest BCUT2D eigenvalue weighted by atomic mass is 32.2. The third-order valence-corrected chi connectivity index (χ3v) is 19.5. The lowest BCUT2D eigenvalue weighted by atomic mass is 10.1. The third kappa shape index (κ3) is 17.4. The summed E-state index contributed by atoms with van der Waals surface area (Å²) in [4.78, 5) is 49.8. The van der Waals surface area contributed by atoms with Crippen molar-refractivity contribution in [2.75, 3.05) is 91.7 Å². The minimum Gasteiger partial charge on any atom is -0.490 e. The molecule has 90 heavy (non-hydrogen) atoms. The van der Waals surface area contributed by atoms with Crippen molar-refractivity contribution in [2.24, 2.45) is 5.73 Å². The Morgan fingerprint density at radius 3 is 1.37 bits per heavy atom. The molecule has 4 saturated heterocycles. The van der Waals surface area contributed by atoms with Crippen molar-refractivity contribution in [2.45, 2.75) is 70.5 Å². The number of anilines is 2. The molecule has 0 radical (unpaired) electrons. The van der Waals surface area contributed by atoms with Crippen LogP contribution in [0.2, 0.25) is 0 Å². The fraction of sp³-hybridized carbons (Fsp3) is 0.369. The molecule has 0 atom stereocenters. The fourth-order valence-corrected chi connectivity index (χ4v) is 13.5. The van der Waals surface area contributed by atoms with E-state index in [1.54, 1.807) is 48.5 Å². The first-order chi connectivity index (χ1) is 43.3. The van der Waals surface area contributed by atoms with Gasteiger partial charge in [0.15, 0.2) is 25.5 Å². The number of nitrogens with zero attached hydrogens (tertiary/aromatic N) is 8. The number of hydrogen-bond acceptors (Lipinski definition) is 15. The van der Waals surface area contributed by atoms with Crippen LogP contribution in [0, 0.1) is 11.6 Å². The van der Waals surface area contributed by atoms with E-state index in [0.717, 1.165) is 77.1 Å². The topological polar surface area (TPSA) is 222 Å². The van der Waals surface area contributed by atoms with Crippen molar-refractivity contribution in [1.82, 2.24) is 29.8 Å². The highest BCUT2D eigenvalue weighted by molar-refractivity contribution is 7.91. The Morgan fingerprint density at radius 1 is 0.556 bits per heavy atom. The molecule has 0 saturated carbocycles. The molecule has 0 aliphatic carbocycles. The van der Waals surface area contributed by atoms with Gasteiger partial charge >= 0.3 is 18.5 Å². The van der Waals surface area contributed by atoms with Crippen LogP contribution in [-0.4, -0.2) is 159 Å². The maximum atomic E-state index is 15.4. The number of nitrogens with two attached hydrogens (primary N) is 1. The van der Waals surface area contributed by atoms with Gasteiger partial charge in [0.25, 0.3) is 5.89 Å². The van der Waals surface area contributed by atoms with Gasteiger partial charge in [0, 0.05) is 99.1 Å². The summed E-state index contributed by atoms with van der Waals surface area (Å²) in [5.74, 6) is -2.07. The molecule has 0 bridgehead atoms. The van der Waals surface area contributed by atoms with Gasteiger partial charge in [-0.15, -0.1) is 10.2 Å². The van der Waals surface area contributed by atoms with E-state index in [0.29, 0.717) is 22.9 Å². The lowest BCUT2D eigenvalue weighted by Gasteiger charge is -2.33. The summed E-state index contributed by atoms with van der Waals surface area (Å²) in [6, 6.07) is 41.9. The molecule has 4 amide bonds. The number of hydrogen-bond donors (Lipinski definition) is 1. The Labute approximate surface area is 520 Å². The van der Waals surface area contributed by atoms with Crippen molar-refractivity contribution in [3.05, 3.63) is 191 Å². The molecule has 2 N–H and O–H groups in total. The summed E-state index contributed by atoms with van der Waals surface area (Å²) in [6.45, 7) is 5.16. The van der Waals surface area contributed by atoms with Crippen molar-refractivity contribution in [3.8, 4) is 23.0 Å². The minimum atomic E-state index is -3.24. The number of piperidine rings is 2. The smallest absolute Gasteiger partial charge is 0.324 e. The Morgan fingerprint density at radius 2 is 0.978 bits per heavy atom. The zero-order valence-electron chi connectivity index (χ0n) is 49.5. The Bertz CT molecular complexity index is 3780. The predicted molar refractivity (Wildman–Crippen MR) is 332 cm³/mol. The molecule has 1 aromatic heterocycles. The van der Waals surface area contributed by atoms with Crippen molar-refractivity contribution in [1.29, 1.82) is 0 Å². The monoisotopic (exact) mass is 1280 g/mol. The second kappa shape index (κ2) is 29.6. The molecule has 476 valence electrons. The summed E-state index contributed by atoms with van der Waals surface area (Å²) in [5, 5.41) is 6.84. The number of benzene rings is 6. The number of halogens is 4. The Balaban J connectivity index is 0.000000199. The van der Waals surface area contributed by atoms with Gasteiger partial charge in [-0.3, -0.25) is 24.4 Å². The van der Waals surface area contributed by atoms with Gasteiger partial charge in [-0.05, 0) is 104 Å². The molecule has 25 heteroatoms. The van der Waals surface area contributed by atoms with Gasteiger partial charge < -0.3 is 29.4 Å². The second-order valence-corrected chi connectivity index (χ2v) is 27.3. The minimum absolute atomic E-state index is 0.0207. The van der Waals surface area contributed by atoms with E-state index < -0.39 is 55.7 Å². The summed E-state index contributed by atoms with van der Waals surface area (Å²) < 4.78 is 122. The largest absolute Gasteiger partial charge is 0.490 e. The zero-order chi connectivity index (χ0) is 63.4. The van der Waals surface area contributed by atoms with Gasteiger partial charge in [0.05, 0.1) is 42.6 Å². The van der Waals surface area contributed by atoms with Gasteiger partial charge in [-0.1, -0.05) is 78.9 Å². The number of rotatable bonds is 18. The van der Waals surface area contributed by atoms with Crippen LogP contribution in [-0.2, 0) is 45.9 Å². The average molecular weight is 1280 g/mol. The van der Waals surface area contributed by atoms with E-state index in [9.17, 15) is 40.0 Å². The number of aromatic nitrogens is 2. The number of amides is 4. The number of carbonyl (C=O) groups is 3. The summed E-state index contributed by atoms with van der Waals surface area (Å²) >= 11 is 0. The first-order valence-corrected chi connectivity index (χ1v) is 33.5. The molecule has 4 aliphatic heterocycles. The van der Waals surface area contributed by atoms with Crippen LogP contribution in [0.25, 0.3) is 11.5 Å². The maximum absolute atomic E-state index is 15.4. The first kappa shape index (κ1) is 64.7. The summed E-state index contributed by atoms with van der Waals surface area (Å²) in [5.41, 5.74) is 9.60. The Kier molecular flexibility index (Phi) is 21.3. The summed E-state index contributed by atoms with van der Waals surface area (Å²) in [6.07, 6.45) is 0.717. The average Bonchev–Trinajstić information content (AvgIpc) is 1.56. The van der Waals surface area contributed by atoms with Crippen LogP contribution < -0.4 is 25.0 Å². The molecule has 0 spiro atoms. The number of sulfone groups is 2. The normalized spacial score (nSPS) is 17.3. The zero-order valence-corrected chi connectivity index (χ0v) is 51.1. The highest BCUT2D eigenvalue weighted by Gasteiger charge is 2.33. The molecule has 19 nitrogen and oxygen atoms in total. The number of urea groups is 2. The maximum Gasteiger partial charge on any atom is 0.324 e. The van der Waals surface area contributed by atoms with E-state index >= 15 is 8.78 Å². The second-order valence-electron chi connectivity index (χ2n) is 22.6. The third-order valence-electron chi connectivity index (χ3n) is 16.3. The Hall–Kier alpha value is -8.23. The molecular weight excluding hydrogens is 1210 g/mol. The predicted octanol–water partition coefficient (Wildman–Crippen LogP) is 9.58. The lowest BCUT2D eigenvalue weighted by molar-refractivity contribution is 0.0967. The molecule has 0 unspecified atom stereocenters. The van der Waals surface area contributed by atoms with E-state index in [4.69, 9.17) is 19.6 Å². The molecule has 4 aliphatic rings. The molecule has 4 fully saturated rings. The SMILES string of the molecule is NCC(=O)c1ccc(CN(C(=O)N2CCS(=O)(=O)CC2)c2ccc(OC3CCN(Cc4ccccc4)CC3)cc2)c(F)c1.O=C(N1CCS(=O)(=O)CC1)N(Cc1ccc(-c2nnc(C(F)F)o2)cc1F)c1ccc(OC2CCN(Cc3ccccc3)CC2)cc1. The number of alkyl halides is 2. The van der Waals surface area contributed by atoms with Crippen LogP contribution in [0.3, 0.4) is 0 Å². The van der Waals surface area contributed by atoms with E-state index in [2.05, 4.69) is 56.4 Å². The molecule has 7 aromatic rings. The van der Waals surface area contributed by atoms with Crippen LogP contribution in [0.4, 0.5) is 38.5 Å². The number of carbonyl (C=O) groups excluding carboxylic acids is 3. The molecular formula is C65H71F4N9O10S2. The fourth-order valence-electron chi connectivity index (χ4n) is 11.1. The number of ketones is 1. The van der Waals surface area contributed by atoms with Gasteiger partial charge in [0.1, 0.15) is 35.3 Å². The standard InChI is InChI=1S/C33H34F3N5O5S.C32H37FN4O5S/c34-29-20-24(31-37-38-32(46-31)30(35)36)6-7-25(29)22-41(33(42)40-16-18-47(43,44)19-17-40)26-8-10-27(11-9-26)45-28-12-14-39(15-13-28)21-23-4-2-1-3-5-23;33-30-20-25(31(38)21-34)6-7-26(30)23-37(32(39)36-16-18-43(40,41)19-17-36)27-8-10-28(11-9-27)42-29-12-14-35(15-13-29)22-24-4-2-1-3-5-24/h1-11,20,28,30H,12-19,21-22H2;1-11,20,29H,12-19,21-23,34H2. The first-order valence-electron chi connectivity index (χ1n) is 29.9. The van der Waals surface area contributed by atoms with Crippen LogP contribution >= 0.6 is 0 Å². The van der Waals surface area contributed by atoms with E-state index in [-0.39, 0.29) is 115 Å². The highest BCUT2D eigenvalue weighted by Crippen LogP contribution is 2.31. The quantitative estimate of drug-likeness (QED) is 0.0624. The van der Waals surface area contributed by atoms with Crippen molar-refractivity contribution in [3.63, 3.8) is 0 Å². The number of Topliss-reactive ketones (excluding diaryl/α,β-unsaturated/α-hetero) is 1. The molecule has 6 aromatic carbocycles. The van der Waals surface area contributed by atoms with Crippen molar-refractivity contribution < 1.29 is 62.7 Å². The summed E-state index contributed by atoms with van der Waals surface area (Å²) in [7, 11) is -6.43. The van der Waals surface area contributed by atoms with Gasteiger partial charge in [-0.2, -0.15) is 8.78 Å². The molecule has 5 heterocycles. The molecule has 11 rings (SSSR count). The van der Waals surface area contributed by atoms with Crippen LogP contribution in [0.1, 0.15) is 70.6 Å². The number of likely N-dealkylation sites (tertiary alicyclic amines) is 2. The van der Waals surface area contributed by atoms with E-state index in [1.165, 1.54) is 55.0 Å². The van der Waals surface area contributed by atoms with Crippen molar-refractivity contribution >= 4 is 48.9 Å². The van der Waals surface area contributed by atoms with Crippen LogP contribution in [0.5, 0.6) is 11.5 Å². The van der Waals surface area contributed by atoms with Gasteiger partial charge in [0.2, 0.25) is 5.89 Å². The van der Waals surface area contributed by atoms with Gasteiger partial charge in [-0.25, -0.2) is 35.2 Å². The van der Waals surface area contributed by atoms with Crippen LogP contribution in [0.15, 0.2) is 150 Å². The lowest BCUT2D eigenvalue weighted by Crippen LogP contribution is -2.49.